The highest BCUT2D eigenvalue weighted by Gasteiger charge is 2.35. The lowest BCUT2D eigenvalue weighted by Gasteiger charge is -2.24. The van der Waals surface area contributed by atoms with Crippen LogP contribution in [0.5, 0.6) is 5.75 Å². The summed E-state index contributed by atoms with van der Waals surface area (Å²) in [4.78, 5) is 30.8. The van der Waals surface area contributed by atoms with Crippen LogP contribution in [0.25, 0.3) is 0 Å². The zero-order valence-corrected chi connectivity index (χ0v) is 13.4. The summed E-state index contributed by atoms with van der Waals surface area (Å²) in [5.74, 6) is 0.0325. The topological polar surface area (TPSA) is 84.7 Å². The number of ether oxygens (including phenoxy) is 1. The van der Waals surface area contributed by atoms with Crippen molar-refractivity contribution >= 4 is 17.8 Å². The average molecular weight is 329 g/mol. The molecular formula is C17H19N3O4. The molecule has 2 aromatic rings. The first-order valence-corrected chi connectivity index (χ1v) is 7.94. The summed E-state index contributed by atoms with van der Waals surface area (Å²) < 4.78 is 10.6. The second kappa shape index (κ2) is 7.16. The van der Waals surface area contributed by atoms with Crippen molar-refractivity contribution < 1.29 is 18.7 Å². The zero-order chi connectivity index (χ0) is 16.9. The summed E-state index contributed by atoms with van der Waals surface area (Å²) in [6.45, 7) is 2.87. The van der Waals surface area contributed by atoms with Gasteiger partial charge >= 0.3 is 6.01 Å². The molecule has 2 heterocycles. The van der Waals surface area contributed by atoms with E-state index < -0.39 is 6.04 Å². The van der Waals surface area contributed by atoms with E-state index in [1.165, 1.54) is 12.5 Å². The number of aromatic nitrogens is 1. The van der Waals surface area contributed by atoms with Crippen molar-refractivity contribution in [2.24, 2.45) is 0 Å². The molecule has 0 saturated carbocycles. The maximum absolute atomic E-state index is 12.9. The number of hydrogen-bond donors (Lipinski definition) is 1. The predicted octanol–water partition coefficient (Wildman–Crippen LogP) is 2.32. The standard InChI is InChI=1S/C17H19N3O4/c1-2-23-14-8-4-3-6-12(14)16(22)20-10-5-7-13(20)15(21)19-17-18-9-11-24-17/h3-4,6,8-9,11,13H,2,5,7,10H2,1H3,(H,18,19,21). The van der Waals surface area contributed by atoms with Gasteiger partial charge in [-0.25, -0.2) is 4.98 Å². The van der Waals surface area contributed by atoms with E-state index in [2.05, 4.69) is 10.3 Å². The molecule has 0 spiro atoms. The van der Waals surface area contributed by atoms with E-state index in [-0.39, 0.29) is 17.8 Å². The lowest BCUT2D eigenvalue weighted by atomic mass is 10.1. The Morgan fingerprint density at radius 3 is 3.00 bits per heavy atom. The van der Waals surface area contributed by atoms with Crippen molar-refractivity contribution in [3.05, 3.63) is 42.3 Å². The largest absolute Gasteiger partial charge is 0.493 e. The third-order valence-electron chi connectivity index (χ3n) is 3.90. The van der Waals surface area contributed by atoms with Gasteiger partial charge in [-0.3, -0.25) is 14.9 Å². The molecule has 1 N–H and O–H groups in total. The van der Waals surface area contributed by atoms with Crippen LogP contribution in [0.4, 0.5) is 6.01 Å². The number of anilines is 1. The van der Waals surface area contributed by atoms with Gasteiger partial charge in [-0.2, -0.15) is 0 Å². The lowest BCUT2D eigenvalue weighted by Crippen LogP contribution is -2.43. The summed E-state index contributed by atoms with van der Waals surface area (Å²) in [6.07, 6.45) is 4.21. The molecule has 1 saturated heterocycles. The molecule has 1 aromatic heterocycles. The molecule has 1 fully saturated rings. The Balaban J connectivity index is 1.77. The molecule has 1 aromatic carbocycles. The highest BCUT2D eigenvalue weighted by molar-refractivity contribution is 6.02. The molecule has 3 rings (SSSR count). The fourth-order valence-electron chi connectivity index (χ4n) is 2.84. The molecule has 0 radical (unpaired) electrons. The van der Waals surface area contributed by atoms with Crippen molar-refractivity contribution in [3.8, 4) is 5.75 Å². The fourth-order valence-corrected chi connectivity index (χ4v) is 2.84. The van der Waals surface area contributed by atoms with Gasteiger partial charge in [0.05, 0.1) is 18.4 Å². The molecule has 0 aliphatic carbocycles. The number of para-hydroxylation sites is 1. The number of benzene rings is 1. The fraction of sp³-hybridized carbons (Fsp3) is 0.353. The van der Waals surface area contributed by atoms with Crippen molar-refractivity contribution in [1.29, 1.82) is 0 Å². The van der Waals surface area contributed by atoms with Crippen LogP contribution in [-0.2, 0) is 4.79 Å². The van der Waals surface area contributed by atoms with Gasteiger partial charge in [-0.05, 0) is 31.9 Å². The Morgan fingerprint density at radius 1 is 1.42 bits per heavy atom. The van der Waals surface area contributed by atoms with E-state index in [0.29, 0.717) is 30.9 Å². The molecule has 0 bridgehead atoms. The van der Waals surface area contributed by atoms with E-state index in [9.17, 15) is 9.59 Å². The second-order valence-electron chi connectivity index (χ2n) is 5.41. The maximum Gasteiger partial charge on any atom is 0.301 e. The molecular weight excluding hydrogens is 310 g/mol. The number of oxazole rings is 1. The van der Waals surface area contributed by atoms with Crippen LogP contribution in [0.15, 0.2) is 41.1 Å². The number of hydrogen-bond acceptors (Lipinski definition) is 5. The van der Waals surface area contributed by atoms with Gasteiger partial charge in [-0.15, -0.1) is 0 Å². The molecule has 2 amide bonds. The van der Waals surface area contributed by atoms with Gasteiger partial charge in [0.25, 0.3) is 11.8 Å². The van der Waals surface area contributed by atoms with E-state index in [1.54, 1.807) is 23.1 Å². The highest BCUT2D eigenvalue weighted by Crippen LogP contribution is 2.26. The molecule has 1 unspecified atom stereocenters. The number of nitrogens with one attached hydrogen (secondary N) is 1. The van der Waals surface area contributed by atoms with Gasteiger partial charge in [0.15, 0.2) is 0 Å². The van der Waals surface area contributed by atoms with E-state index in [1.807, 2.05) is 13.0 Å². The normalized spacial score (nSPS) is 16.9. The van der Waals surface area contributed by atoms with E-state index in [4.69, 9.17) is 9.15 Å². The zero-order valence-electron chi connectivity index (χ0n) is 13.4. The Labute approximate surface area is 139 Å². The van der Waals surface area contributed by atoms with Crippen LogP contribution in [-0.4, -0.2) is 40.9 Å². The molecule has 1 atom stereocenters. The first-order valence-electron chi connectivity index (χ1n) is 7.94. The molecule has 1 aliphatic rings. The Hall–Kier alpha value is -2.83. The van der Waals surface area contributed by atoms with E-state index >= 15 is 0 Å². The first kappa shape index (κ1) is 16.0. The Morgan fingerprint density at radius 2 is 2.25 bits per heavy atom. The molecule has 7 nitrogen and oxygen atoms in total. The number of carbonyl (C=O) groups is 2. The van der Waals surface area contributed by atoms with Crippen LogP contribution in [0.3, 0.4) is 0 Å². The molecule has 126 valence electrons. The number of likely N-dealkylation sites (tertiary alicyclic amines) is 1. The number of rotatable bonds is 5. The average Bonchev–Trinajstić information content (AvgIpc) is 3.26. The lowest BCUT2D eigenvalue weighted by molar-refractivity contribution is -0.119. The van der Waals surface area contributed by atoms with Crippen molar-refractivity contribution in [3.63, 3.8) is 0 Å². The SMILES string of the molecule is CCOc1ccccc1C(=O)N1CCCC1C(=O)Nc1ncco1. The van der Waals surface area contributed by atoms with E-state index in [0.717, 1.165) is 6.42 Å². The Bertz CT molecular complexity index is 714. The Kier molecular flexibility index (Phi) is 4.79. The summed E-state index contributed by atoms with van der Waals surface area (Å²) in [7, 11) is 0. The van der Waals surface area contributed by atoms with Gasteiger partial charge in [0.1, 0.15) is 18.1 Å². The minimum absolute atomic E-state index is 0.133. The minimum atomic E-state index is -0.543. The van der Waals surface area contributed by atoms with Crippen molar-refractivity contribution in [2.45, 2.75) is 25.8 Å². The quantitative estimate of drug-likeness (QED) is 0.910. The molecule has 1 aliphatic heterocycles. The third-order valence-corrected chi connectivity index (χ3v) is 3.90. The second-order valence-corrected chi connectivity index (χ2v) is 5.41. The summed E-state index contributed by atoms with van der Waals surface area (Å²) in [6, 6.07) is 6.67. The maximum atomic E-state index is 12.9. The highest BCUT2D eigenvalue weighted by atomic mass is 16.5. The third kappa shape index (κ3) is 3.24. The predicted molar refractivity (Wildman–Crippen MR) is 86.8 cm³/mol. The number of carbonyl (C=O) groups excluding carboxylic acids is 2. The number of nitrogens with zero attached hydrogens (tertiary/aromatic N) is 2. The smallest absolute Gasteiger partial charge is 0.301 e. The van der Waals surface area contributed by atoms with Gasteiger partial charge < -0.3 is 14.1 Å². The monoisotopic (exact) mass is 329 g/mol. The van der Waals surface area contributed by atoms with Crippen LogP contribution in [0.2, 0.25) is 0 Å². The van der Waals surface area contributed by atoms with Gasteiger partial charge in [0, 0.05) is 6.54 Å². The molecule has 7 heteroatoms. The van der Waals surface area contributed by atoms with Crippen molar-refractivity contribution in [1.82, 2.24) is 9.88 Å². The van der Waals surface area contributed by atoms with Gasteiger partial charge in [0.2, 0.25) is 0 Å². The summed E-state index contributed by atoms with van der Waals surface area (Å²) in [5, 5.41) is 2.60. The van der Waals surface area contributed by atoms with Gasteiger partial charge in [-0.1, -0.05) is 12.1 Å². The van der Waals surface area contributed by atoms with Crippen LogP contribution in [0, 0.1) is 0 Å². The minimum Gasteiger partial charge on any atom is -0.493 e. The van der Waals surface area contributed by atoms with Crippen LogP contribution < -0.4 is 10.1 Å². The van der Waals surface area contributed by atoms with Crippen LogP contribution >= 0.6 is 0 Å². The van der Waals surface area contributed by atoms with Crippen LogP contribution in [0.1, 0.15) is 30.1 Å². The van der Waals surface area contributed by atoms with Crippen molar-refractivity contribution in [2.75, 3.05) is 18.5 Å². The summed E-state index contributed by atoms with van der Waals surface area (Å²) >= 11 is 0. The number of amides is 2. The molecule has 24 heavy (non-hydrogen) atoms. The first-order chi connectivity index (χ1) is 11.7. The summed E-state index contributed by atoms with van der Waals surface area (Å²) in [5.41, 5.74) is 0.468.